The minimum atomic E-state index is -1.42. The van der Waals surface area contributed by atoms with Crippen molar-refractivity contribution in [2.75, 3.05) is 30.4 Å². The Morgan fingerprint density at radius 1 is 1.08 bits per heavy atom. The van der Waals surface area contributed by atoms with E-state index >= 15 is 4.39 Å². The van der Waals surface area contributed by atoms with Gasteiger partial charge in [0.1, 0.15) is 17.0 Å². The average Bonchev–Trinajstić information content (AvgIpc) is 4.01. The number of nitro benzene ring substituents is 1. The molecule has 4 fully saturated rings. The quantitative estimate of drug-likeness (QED) is 0.146. The molecule has 2 aliphatic heterocycles. The van der Waals surface area contributed by atoms with Crippen LogP contribution in [-0.2, 0) is 24.5 Å². The molecule has 2 saturated carbocycles. The van der Waals surface area contributed by atoms with Gasteiger partial charge in [0.15, 0.2) is 0 Å². The number of halogens is 3. The van der Waals surface area contributed by atoms with Gasteiger partial charge in [0, 0.05) is 41.8 Å². The fraction of sp³-hybridized carbons (Fsp3) is 0.417. The largest absolute Gasteiger partial charge is 0.468 e. The summed E-state index contributed by atoms with van der Waals surface area (Å²) in [6, 6.07) is 15.3. The van der Waals surface area contributed by atoms with E-state index in [0.29, 0.717) is 48.0 Å². The van der Waals surface area contributed by atoms with Crippen LogP contribution in [0, 0.1) is 27.8 Å². The van der Waals surface area contributed by atoms with E-state index in [-0.39, 0.29) is 28.5 Å². The third-order valence-corrected chi connectivity index (χ3v) is 11.5. The van der Waals surface area contributed by atoms with Crippen LogP contribution >= 0.6 is 23.2 Å². The van der Waals surface area contributed by atoms with E-state index in [2.05, 4.69) is 10.2 Å². The molecule has 2 amide bonds. The summed E-state index contributed by atoms with van der Waals surface area (Å²) in [6.45, 7) is 2.41. The Labute approximate surface area is 292 Å². The molecule has 1 N–H and O–H groups in total. The first-order chi connectivity index (χ1) is 23.4. The molecule has 0 spiro atoms. The average molecular weight is 710 g/mol. The van der Waals surface area contributed by atoms with Crippen molar-refractivity contribution in [3.05, 3.63) is 97.8 Å². The Balaban J connectivity index is 1.34. The van der Waals surface area contributed by atoms with Gasteiger partial charge in [0.2, 0.25) is 11.8 Å². The highest BCUT2D eigenvalue weighted by Gasteiger charge is 2.65. The predicted octanol–water partition coefficient (Wildman–Crippen LogP) is 6.87. The van der Waals surface area contributed by atoms with E-state index in [0.717, 1.165) is 12.8 Å². The van der Waals surface area contributed by atoms with Gasteiger partial charge in [-0.25, -0.2) is 4.39 Å². The summed E-state index contributed by atoms with van der Waals surface area (Å²) in [7, 11) is 1.28. The number of hydrogen-bond donors (Lipinski definition) is 1. The molecule has 0 unspecified atom stereocenters. The highest BCUT2D eigenvalue weighted by molar-refractivity contribution is 6.31. The van der Waals surface area contributed by atoms with Crippen molar-refractivity contribution in [3.63, 3.8) is 0 Å². The third-order valence-electron chi connectivity index (χ3n) is 10.9. The fourth-order valence-corrected chi connectivity index (χ4v) is 8.48. The second-order valence-corrected chi connectivity index (χ2v) is 14.6. The summed E-state index contributed by atoms with van der Waals surface area (Å²) in [4.78, 5) is 57.4. The maximum atomic E-state index is 16.1. The van der Waals surface area contributed by atoms with Crippen LogP contribution < -0.4 is 10.2 Å². The second kappa shape index (κ2) is 12.4. The van der Waals surface area contributed by atoms with Crippen LogP contribution in [0.3, 0.4) is 0 Å². The topological polar surface area (TPSA) is 122 Å². The molecule has 3 aromatic rings. The zero-order valence-electron chi connectivity index (χ0n) is 27.0. The number of esters is 1. The van der Waals surface area contributed by atoms with Gasteiger partial charge in [0.25, 0.3) is 5.69 Å². The maximum absolute atomic E-state index is 16.1. The molecule has 256 valence electrons. The number of piperidine rings is 1. The molecule has 4 atom stereocenters. The van der Waals surface area contributed by atoms with Gasteiger partial charge in [-0.15, -0.1) is 0 Å². The van der Waals surface area contributed by atoms with E-state index in [1.54, 1.807) is 49.4 Å². The SMILES string of the molecule is COC(=O)C1(c2ccc(N3CC[C@H]4[C@@H](C3=O)[C@H](c3cccc(Cl)c3F)[C@](C)(C(=O)Nc3cccc(Cl)c3)N4CC3CC3)c([N+](=O)[O-])c2)CC1. The number of anilines is 2. The van der Waals surface area contributed by atoms with Gasteiger partial charge < -0.3 is 15.0 Å². The number of amides is 2. The number of carbonyl (C=O) groups is 3. The summed E-state index contributed by atoms with van der Waals surface area (Å²) in [5.41, 5.74) is -1.58. The maximum Gasteiger partial charge on any atom is 0.316 e. The summed E-state index contributed by atoms with van der Waals surface area (Å²) in [6.07, 6.45) is 3.33. The molecule has 13 heteroatoms. The molecule has 0 bridgehead atoms. The molecule has 2 heterocycles. The Morgan fingerprint density at radius 2 is 1.82 bits per heavy atom. The minimum Gasteiger partial charge on any atom is -0.468 e. The first-order valence-electron chi connectivity index (χ1n) is 16.4. The van der Waals surface area contributed by atoms with Gasteiger partial charge in [-0.05, 0) is 86.4 Å². The summed E-state index contributed by atoms with van der Waals surface area (Å²) < 4.78 is 21.1. The van der Waals surface area contributed by atoms with Crippen LogP contribution in [-0.4, -0.2) is 59.4 Å². The number of likely N-dealkylation sites (tertiary alicyclic amines) is 1. The molecule has 3 aromatic carbocycles. The van der Waals surface area contributed by atoms with Gasteiger partial charge in [-0.2, -0.15) is 0 Å². The third kappa shape index (κ3) is 5.56. The highest BCUT2D eigenvalue weighted by atomic mass is 35.5. The van der Waals surface area contributed by atoms with Crippen LogP contribution in [0.15, 0.2) is 60.7 Å². The number of hydrogen-bond acceptors (Lipinski definition) is 7. The summed E-state index contributed by atoms with van der Waals surface area (Å²) in [5.74, 6) is -3.70. The second-order valence-electron chi connectivity index (χ2n) is 13.7. The van der Waals surface area contributed by atoms with Crippen LogP contribution in [0.1, 0.15) is 56.1 Å². The van der Waals surface area contributed by atoms with Crippen molar-refractivity contribution < 1.29 is 28.4 Å². The molecule has 2 aliphatic carbocycles. The monoisotopic (exact) mass is 708 g/mol. The first kappa shape index (κ1) is 33.4. The summed E-state index contributed by atoms with van der Waals surface area (Å²) in [5, 5.41) is 15.8. The van der Waals surface area contributed by atoms with Gasteiger partial charge in [-0.3, -0.25) is 29.4 Å². The van der Waals surface area contributed by atoms with Crippen LogP contribution in [0.4, 0.5) is 21.5 Å². The number of benzene rings is 3. The fourth-order valence-electron chi connectivity index (χ4n) is 8.10. The van der Waals surface area contributed by atoms with Crippen LogP contribution in [0.25, 0.3) is 0 Å². The van der Waals surface area contributed by atoms with Crippen LogP contribution in [0.5, 0.6) is 0 Å². The zero-order chi connectivity index (χ0) is 34.8. The Morgan fingerprint density at radius 3 is 2.47 bits per heavy atom. The Bertz CT molecular complexity index is 1880. The smallest absolute Gasteiger partial charge is 0.316 e. The number of nitrogens with one attached hydrogen (secondary N) is 1. The predicted molar refractivity (Wildman–Crippen MR) is 182 cm³/mol. The molecular formula is C36H35Cl2FN4O6. The lowest BCUT2D eigenvalue weighted by molar-refractivity contribution is -0.384. The zero-order valence-corrected chi connectivity index (χ0v) is 28.5. The molecule has 0 aromatic heterocycles. The molecule has 10 nitrogen and oxygen atoms in total. The number of rotatable bonds is 9. The van der Waals surface area contributed by atoms with Crippen molar-refractivity contribution >= 4 is 58.0 Å². The number of ether oxygens (including phenoxy) is 1. The first-order valence-corrected chi connectivity index (χ1v) is 17.1. The van der Waals surface area contributed by atoms with Crippen molar-refractivity contribution in [1.29, 1.82) is 0 Å². The standard InChI is InChI=1S/C36H35Cl2FN4O6/c1-35(33(45)40-23-6-3-5-22(37)18-23)30(24-7-4-8-25(38)31(24)39)29-27(42(35)19-20-9-10-20)13-16-41(32(29)44)26-12-11-21(17-28(26)43(47)48)36(14-15-36)34(46)49-2/h3-8,11-12,17-18,20,27,29-30H,9-10,13-16,19H2,1-2H3,(H,40,45)/t27-,29+,30-,35+/m0/s1. The van der Waals surface area contributed by atoms with E-state index in [9.17, 15) is 24.5 Å². The lowest BCUT2D eigenvalue weighted by Gasteiger charge is -2.40. The lowest BCUT2D eigenvalue weighted by atomic mass is 9.72. The summed E-state index contributed by atoms with van der Waals surface area (Å²) >= 11 is 12.5. The minimum absolute atomic E-state index is 0.0777. The van der Waals surface area contributed by atoms with Gasteiger partial charge in [0.05, 0.1) is 28.4 Å². The number of fused-ring (bicyclic) bond motifs is 1. The van der Waals surface area contributed by atoms with Crippen LogP contribution in [0.2, 0.25) is 10.0 Å². The van der Waals surface area contributed by atoms with E-state index in [4.69, 9.17) is 27.9 Å². The van der Waals surface area contributed by atoms with E-state index < -0.39 is 57.4 Å². The molecule has 0 radical (unpaired) electrons. The molecule has 7 rings (SSSR count). The van der Waals surface area contributed by atoms with E-state index in [1.165, 1.54) is 30.2 Å². The number of methoxy groups -OCH3 is 1. The molecular weight excluding hydrogens is 674 g/mol. The van der Waals surface area contributed by atoms with Gasteiger partial charge >= 0.3 is 5.97 Å². The molecule has 2 saturated heterocycles. The Hall–Kier alpha value is -4.06. The van der Waals surface area contributed by atoms with Crippen molar-refractivity contribution in [3.8, 4) is 0 Å². The molecule has 49 heavy (non-hydrogen) atoms. The normalized spacial score (nSPS) is 25.9. The number of nitro groups is 1. The number of carbonyl (C=O) groups excluding carboxylic acids is 3. The van der Waals surface area contributed by atoms with E-state index in [1.807, 2.05) is 0 Å². The highest BCUT2D eigenvalue weighted by Crippen LogP contribution is 2.56. The van der Waals surface area contributed by atoms with Crippen molar-refractivity contribution in [2.24, 2.45) is 11.8 Å². The Kier molecular flexibility index (Phi) is 8.44. The van der Waals surface area contributed by atoms with Crippen molar-refractivity contribution in [2.45, 2.75) is 61.9 Å². The lowest BCUT2D eigenvalue weighted by Crippen LogP contribution is -2.56. The van der Waals surface area contributed by atoms with Gasteiger partial charge in [-0.1, -0.05) is 47.5 Å². The molecule has 4 aliphatic rings. The number of nitrogens with zero attached hydrogens (tertiary/aromatic N) is 3. The van der Waals surface area contributed by atoms with Crippen molar-refractivity contribution in [1.82, 2.24) is 4.90 Å².